The van der Waals surface area contributed by atoms with Crippen LogP contribution in [0.4, 0.5) is 0 Å². The fraction of sp³-hybridized carbons (Fsp3) is 0.250. The minimum Gasteiger partial charge on any atom is -0.292 e. The number of rotatable bonds is 2. The van der Waals surface area contributed by atoms with E-state index in [0.29, 0.717) is 0 Å². The number of benzene rings is 2. The smallest absolute Gasteiger partial charge is 0.292 e. The molecule has 0 aliphatic heterocycles. The Kier molecular flexibility index (Phi) is 10.0. The van der Waals surface area contributed by atoms with E-state index in [9.17, 15) is 0 Å². The van der Waals surface area contributed by atoms with Crippen LogP contribution in [0.25, 0.3) is 0 Å². The molecule has 0 saturated heterocycles. The van der Waals surface area contributed by atoms with Crippen LogP contribution in [0.3, 0.4) is 0 Å². The van der Waals surface area contributed by atoms with E-state index in [4.69, 9.17) is 0 Å². The molecule has 0 N–H and O–H groups in total. The predicted octanol–water partition coefficient (Wildman–Crippen LogP) is 3.29. The van der Waals surface area contributed by atoms with Gasteiger partial charge in [-0.1, -0.05) is 60.7 Å². The number of hydrogen-bond acceptors (Lipinski definition) is 0. The second-order valence-corrected chi connectivity index (χ2v) is 9.89. The van der Waals surface area contributed by atoms with Crippen molar-refractivity contribution in [2.24, 2.45) is 0 Å². The Labute approximate surface area is 134 Å². The maximum Gasteiger partial charge on any atom is 2.00 e. The van der Waals surface area contributed by atoms with Gasteiger partial charge in [-0.25, -0.2) is 0 Å². The molecule has 0 aliphatic carbocycles. The van der Waals surface area contributed by atoms with Gasteiger partial charge in [0.2, 0.25) is 0 Å². The Bertz CT molecular complexity index is 384. The van der Waals surface area contributed by atoms with Crippen LogP contribution in [-0.2, 0) is 19.5 Å². The zero-order valence-corrected chi connectivity index (χ0v) is 17.4. The molecule has 19 heavy (non-hydrogen) atoms. The van der Waals surface area contributed by atoms with Crippen molar-refractivity contribution in [2.45, 2.75) is 26.2 Å². The molecule has 0 nitrogen and oxygen atoms in total. The van der Waals surface area contributed by atoms with Gasteiger partial charge in [-0.05, 0) is 0 Å². The third-order valence-electron chi connectivity index (χ3n) is 2.70. The van der Waals surface area contributed by atoms with Crippen molar-refractivity contribution in [1.29, 1.82) is 0 Å². The minimum atomic E-state index is -0.212. The molecule has 0 aromatic heterocycles. The summed E-state index contributed by atoms with van der Waals surface area (Å²) in [5, 5.41) is 3.03. The summed E-state index contributed by atoms with van der Waals surface area (Å²) in [6.45, 7) is 9.22. The third kappa shape index (κ3) is 7.61. The molecule has 0 atom stereocenters. The molecule has 0 aliphatic rings. The average molecular weight is 336 g/mol. The molecule has 0 unspecified atom stereocenters. The molecule has 2 aromatic rings. The molecule has 0 radical (unpaired) electrons. The Morgan fingerprint density at radius 2 is 0.789 bits per heavy atom. The normalized spacial score (nSPS) is 8.63. The van der Waals surface area contributed by atoms with E-state index in [2.05, 4.69) is 86.9 Å². The Hall–Kier alpha value is -0.503. The van der Waals surface area contributed by atoms with E-state index in [1.807, 2.05) is 0 Å². The summed E-state index contributed by atoms with van der Waals surface area (Å²) >= 11 is 0. The van der Waals surface area contributed by atoms with Gasteiger partial charge in [0.15, 0.2) is 0 Å². The van der Waals surface area contributed by atoms with Crippen LogP contribution in [0.15, 0.2) is 60.7 Å². The monoisotopic (exact) mass is 334 g/mol. The van der Waals surface area contributed by atoms with Gasteiger partial charge in [-0.2, -0.15) is 36.6 Å². The van der Waals surface area contributed by atoms with Crippen LogP contribution < -0.4 is 10.4 Å². The second kappa shape index (κ2) is 10.3. The molecular formula is C16H22Si2Zn. The Balaban J connectivity index is 0.000000324. The van der Waals surface area contributed by atoms with Gasteiger partial charge in [0.25, 0.3) is 0 Å². The molecular weight excluding hydrogens is 314 g/mol. The summed E-state index contributed by atoms with van der Waals surface area (Å²) in [5.41, 5.74) is 0. The van der Waals surface area contributed by atoms with Gasteiger partial charge >= 0.3 is 19.5 Å². The van der Waals surface area contributed by atoms with E-state index in [-0.39, 0.29) is 37.1 Å². The van der Waals surface area contributed by atoms with Gasteiger partial charge in [-0.3, -0.25) is 17.6 Å². The van der Waals surface area contributed by atoms with Gasteiger partial charge in [0.1, 0.15) is 0 Å². The van der Waals surface area contributed by atoms with Crippen LogP contribution >= 0.6 is 0 Å². The van der Waals surface area contributed by atoms with E-state index in [1.165, 1.54) is 10.4 Å². The minimum absolute atomic E-state index is 0. The molecule has 0 amide bonds. The van der Waals surface area contributed by atoms with Crippen molar-refractivity contribution in [3.05, 3.63) is 60.7 Å². The average Bonchev–Trinajstić information content (AvgIpc) is 2.41. The van der Waals surface area contributed by atoms with Gasteiger partial charge in [0.05, 0.1) is 0 Å². The largest absolute Gasteiger partial charge is 2.00 e. The molecule has 3 heteroatoms. The van der Waals surface area contributed by atoms with Crippen LogP contribution in [-0.4, -0.2) is 17.6 Å². The van der Waals surface area contributed by atoms with Gasteiger partial charge in [0, 0.05) is 0 Å². The first-order chi connectivity index (χ1) is 8.61. The zero-order valence-electron chi connectivity index (χ0n) is 12.5. The standard InChI is InChI=1S/2C8H11Si.Zn/c2*1-9(2)8-6-4-3-5-7-8;/h2*3-7H,1-2H3;/q2*-1;+2. The SMILES string of the molecule is C[Si-](C)c1ccccc1.C[Si-](C)c1ccccc1.[Zn+2]. The van der Waals surface area contributed by atoms with E-state index in [1.54, 1.807) is 0 Å². The first-order valence-corrected chi connectivity index (χ1v) is 11.3. The van der Waals surface area contributed by atoms with Crippen molar-refractivity contribution in [2.75, 3.05) is 0 Å². The van der Waals surface area contributed by atoms with E-state index in [0.717, 1.165) is 0 Å². The zero-order chi connectivity index (χ0) is 13.4. The van der Waals surface area contributed by atoms with Crippen molar-refractivity contribution < 1.29 is 19.5 Å². The molecule has 0 spiro atoms. The van der Waals surface area contributed by atoms with Crippen molar-refractivity contribution >= 4 is 28.0 Å². The number of hydrogen-bond donors (Lipinski definition) is 0. The van der Waals surface area contributed by atoms with Crippen molar-refractivity contribution in [1.82, 2.24) is 0 Å². The molecule has 0 saturated carbocycles. The van der Waals surface area contributed by atoms with Gasteiger partial charge in [-0.15, -0.1) is 0 Å². The molecule has 2 rings (SSSR count). The molecule has 96 valence electrons. The first kappa shape index (κ1) is 18.5. The van der Waals surface area contributed by atoms with Crippen molar-refractivity contribution in [3.63, 3.8) is 0 Å². The summed E-state index contributed by atoms with van der Waals surface area (Å²) in [7, 11) is -0.424. The van der Waals surface area contributed by atoms with Gasteiger partial charge < -0.3 is 0 Å². The third-order valence-corrected chi connectivity index (χ3v) is 5.68. The summed E-state index contributed by atoms with van der Waals surface area (Å²) < 4.78 is 0. The second-order valence-electron chi connectivity index (χ2n) is 4.73. The van der Waals surface area contributed by atoms with Crippen LogP contribution in [0.1, 0.15) is 0 Å². The van der Waals surface area contributed by atoms with Crippen LogP contribution in [0.5, 0.6) is 0 Å². The Morgan fingerprint density at radius 3 is 0.947 bits per heavy atom. The van der Waals surface area contributed by atoms with Crippen LogP contribution in [0.2, 0.25) is 26.2 Å². The molecule has 0 bridgehead atoms. The fourth-order valence-electron chi connectivity index (χ4n) is 1.54. The summed E-state index contributed by atoms with van der Waals surface area (Å²) in [5.74, 6) is 0. The van der Waals surface area contributed by atoms with E-state index < -0.39 is 0 Å². The topological polar surface area (TPSA) is 0 Å². The maximum atomic E-state index is 2.31. The first-order valence-electron chi connectivity index (χ1n) is 6.32. The molecule has 0 fully saturated rings. The predicted molar refractivity (Wildman–Crippen MR) is 87.1 cm³/mol. The summed E-state index contributed by atoms with van der Waals surface area (Å²) in [4.78, 5) is 0. The van der Waals surface area contributed by atoms with Crippen molar-refractivity contribution in [3.8, 4) is 0 Å². The summed E-state index contributed by atoms with van der Waals surface area (Å²) in [6, 6.07) is 21.4. The quantitative estimate of drug-likeness (QED) is 0.739. The fourth-order valence-corrected chi connectivity index (χ4v) is 3.26. The summed E-state index contributed by atoms with van der Waals surface area (Å²) in [6.07, 6.45) is 0. The van der Waals surface area contributed by atoms with E-state index >= 15 is 0 Å². The van der Waals surface area contributed by atoms with Crippen LogP contribution in [0, 0.1) is 0 Å². The maximum absolute atomic E-state index is 2.31. The molecule has 0 heterocycles. The Morgan fingerprint density at radius 1 is 0.526 bits per heavy atom. The molecule has 2 aromatic carbocycles.